The van der Waals surface area contributed by atoms with Gasteiger partial charge in [-0.1, -0.05) is 42.5 Å². The van der Waals surface area contributed by atoms with E-state index in [1.165, 1.54) is 44.4 Å². The van der Waals surface area contributed by atoms with Crippen molar-refractivity contribution in [3.8, 4) is 39.3 Å². The number of rotatable bonds is 6. The molecule has 6 aromatic carbocycles. The van der Waals surface area contributed by atoms with E-state index in [0.717, 1.165) is 49.9 Å². The van der Waals surface area contributed by atoms with Crippen molar-refractivity contribution in [2.45, 2.75) is 75.1 Å². The first-order valence-electron chi connectivity index (χ1n) is 19.7. The Bertz CT molecular complexity index is 2700. The molecule has 0 unspecified atom stereocenters. The molecule has 270 valence electrons. The molecule has 0 N–H and O–H groups in total. The Kier molecular flexibility index (Phi) is 8.44. The molecule has 1 aliphatic heterocycles. The number of hydrogen-bond acceptors (Lipinski definition) is 2. The van der Waals surface area contributed by atoms with Crippen LogP contribution in [0.1, 0.15) is 56.2 Å². The van der Waals surface area contributed by atoms with Crippen LogP contribution in [0.15, 0.2) is 126 Å². The van der Waals surface area contributed by atoms with Gasteiger partial charge in [-0.15, -0.1) is 0 Å². The van der Waals surface area contributed by atoms with Crippen molar-refractivity contribution in [3.63, 3.8) is 0 Å². The van der Waals surface area contributed by atoms with E-state index >= 15 is 0 Å². The number of furan rings is 1. The number of imidazole rings is 1. The van der Waals surface area contributed by atoms with E-state index < -0.39 is 21.3 Å². The van der Waals surface area contributed by atoms with Gasteiger partial charge in [0.05, 0.1) is 0 Å². The first-order valence-corrected chi connectivity index (χ1v) is 29.8. The van der Waals surface area contributed by atoms with Crippen LogP contribution in [-0.2, 0) is 6.04 Å². The molecule has 0 spiro atoms. The Labute approximate surface area is 323 Å². The summed E-state index contributed by atoms with van der Waals surface area (Å²) in [4.78, 5) is 6.93. The van der Waals surface area contributed by atoms with Crippen LogP contribution in [0.3, 0.4) is 0 Å². The molecule has 0 atom stereocenters. The number of aromatic nitrogens is 2. The zero-order chi connectivity index (χ0) is 37.5. The SMILES string of the molecule is CC(C)c1cc(-c2ccc3[c](c2)[Ge]([CH3])([CH3])[CH2][Si](C)(C)C3)cc(C(C)C)c1-n1c(-c2cccc3c2oc2cc(-c4ccccc4)ccc23)nc2ccccc21. The van der Waals surface area contributed by atoms with E-state index in [1.807, 2.05) is 0 Å². The van der Waals surface area contributed by atoms with Crippen LogP contribution in [0.5, 0.6) is 0 Å². The molecule has 0 radical (unpaired) electrons. The summed E-state index contributed by atoms with van der Waals surface area (Å²) in [7, 11) is -1.19. The standard InChI is InChI=1S/C49H50GeN2OSi/c1-31(2)41-25-37(34-21-22-36-29-54(7,8)30-50(5,6)43(36)27-34)26-42(32(3)4)47(41)52-45-20-13-12-19-44(45)51-49(52)40-18-14-17-39-38-24-23-35(28-46(38)53-48(39)40)33-15-10-9-11-16-33/h9-28,31-32H,29-30H2,1-8H3. The van der Waals surface area contributed by atoms with E-state index in [9.17, 15) is 0 Å². The van der Waals surface area contributed by atoms with E-state index in [1.54, 1.807) is 9.96 Å². The fraction of sp³-hybridized carbons (Fsp3) is 0.245. The fourth-order valence-corrected chi connectivity index (χ4v) is 34.4. The molecule has 2 aromatic heterocycles. The molecule has 0 saturated heterocycles. The summed E-state index contributed by atoms with van der Waals surface area (Å²) in [5.41, 5.74) is 15.5. The normalized spacial score (nSPS) is 15.1. The van der Waals surface area contributed by atoms with Gasteiger partial charge in [0.15, 0.2) is 0 Å². The molecule has 3 nitrogen and oxygen atoms in total. The van der Waals surface area contributed by atoms with Gasteiger partial charge in [-0.3, -0.25) is 0 Å². The van der Waals surface area contributed by atoms with Crippen molar-refractivity contribution in [1.29, 1.82) is 0 Å². The van der Waals surface area contributed by atoms with Crippen LogP contribution < -0.4 is 4.40 Å². The molecule has 0 amide bonds. The second-order valence-corrected chi connectivity index (χ2v) is 34.0. The third-order valence-corrected chi connectivity index (χ3v) is 30.6. The van der Waals surface area contributed by atoms with Crippen molar-refractivity contribution >= 4 is 58.7 Å². The van der Waals surface area contributed by atoms with Crippen LogP contribution >= 0.6 is 0 Å². The van der Waals surface area contributed by atoms with Crippen molar-refractivity contribution in [1.82, 2.24) is 9.55 Å². The molecular weight excluding hydrogens is 733 g/mol. The van der Waals surface area contributed by atoms with Gasteiger partial charge in [0.2, 0.25) is 0 Å². The molecule has 0 fully saturated rings. The van der Waals surface area contributed by atoms with Crippen molar-refractivity contribution < 1.29 is 4.42 Å². The Morgan fingerprint density at radius 2 is 1.35 bits per heavy atom. The maximum absolute atomic E-state index is 6.85. The predicted octanol–water partition coefficient (Wildman–Crippen LogP) is 13.4. The molecule has 1 aliphatic rings. The van der Waals surface area contributed by atoms with Crippen LogP contribution in [-0.4, -0.2) is 30.9 Å². The van der Waals surface area contributed by atoms with Crippen LogP contribution in [0.25, 0.3) is 72.3 Å². The first kappa shape index (κ1) is 35.1. The van der Waals surface area contributed by atoms with Gasteiger partial charge in [0.25, 0.3) is 0 Å². The van der Waals surface area contributed by atoms with Crippen LogP contribution in [0.2, 0.25) is 29.5 Å². The summed E-state index contributed by atoms with van der Waals surface area (Å²) >= 11 is -2.13. The van der Waals surface area contributed by atoms with Crippen molar-refractivity contribution in [3.05, 3.63) is 138 Å². The van der Waals surface area contributed by atoms with Gasteiger partial charge in [-0.2, -0.15) is 0 Å². The van der Waals surface area contributed by atoms with Crippen LogP contribution in [0, 0.1) is 0 Å². The summed E-state index contributed by atoms with van der Waals surface area (Å²) in [5, 5.41) is 2.22. The second-order valence-electron chi connectivity index (χ2n) is 17.7. The van der Waals surface area contributed by atoms with E-state index in [4.69, 9.17) is 9.40 Å². The molecule has 5 heteroatoms. The molecule has 9 rings (SSSR count). The summed E-state index contributed by atoms with van der Waals surface area (Å²) in [6.07, 6.45) is 0. The molecule has 0 aliphatic carbocycles. The molecule has 0 bridgehead atoms. The van der Waals surface area contributed by atoms with E-state index in [2.05, 4.69) is 178 Å². The summed E-state index contributed by atoms with van der Waals surface area (Å²) in [6, 6.07) is 46.0. The maximum atomic E-state index is 6.85. The van der Waals surface area contributed by atoms with Gasteiger partial charge in [0, 0.05) is 5.39 Å². The minimum atomic E-state index is -2.13. The Hall–Kier alpha value is -4.65. The zero-order valence-electron chi connectivity index (χ0n) is 32.9. The quantitative estimate of drug-likeness (QED) is 0.157. The Balaban J connectivity index is 1.27. The third-order valence-electron chi connectivity index (χ3n) is 11.8. The molecule has 0 saturated carbocycles. The van der Waals surface area contributed by atoms with Gasteiger partial charge in [-0.05, 0) is 23.3 Å². The first-order chi connectivity index (χ1) is 25.9. The minimum absolute atomic E-state index is 0.295. The topological polar surface area (TPSA) is 31.0 Å². The van der Waals surface area contributed by atoms with Gasteiger partial charge < -0.3 is 0 Å². The van der Waals surface area contributed by atoms with Crippen molar-refractivity contribution in [2.75, 3.05) is 0 Å². The number of fused-ring (bicyclic) bond motifs is 5. The second kappa shape index (κ2) is 13.0. The molecule has 3 heterocycles. The number of para-hydroxylation sites is 3. The zero-order valence-corrected chi connectivity index (χ0v) is 36.0. The Morgan fingerprint density at radius 1 is 0.667 bits per heavy atom. The number of nitrogens with zero attached hydrogens (tertiary/aromatic N) is 2. The number of hydrogen-bond donors (Lipinski definition) is 0. The van der Waals surface area contributed by atoms with Crippen molar-refractivity contribution in [2.24, 2.45) is 0 Å². The van der Waals surface area contributed by atoms with Gasteiger partial charge in [0.1, 0.15) is 5.58 Å². The summed E-state index contributed by atoms with van der Waals surface area (Å²) < 4.78 is 11.0. The number of benzene rings is 6. The van der Waals surface area contributed by atoms with Gasteiger partial charge >= 0.3 is 248 Å². The Morgan fingerprint density at radius 3 is 2.09 bits per heavy atom. The fourth-order valence-electron chi connectivity index (χ4n) is 9.61. The average molecular weight is 784 g/mol. The van der Waals surface area contributed by atoms with Gasteiger partial charge in [-0.25, -0.2) is 0 Å². The molecule has 54 heavy (non-hydrogen) atoms. The average Bonchev–Trinajstić information content (AvgIpc) is 3.72. The summed E-state index contributed by atoms with van der Waals surface area (Å²) in [5.74, 6) is 6.80. The van der Waals surface area contributed by atoms with Crippen LogP contribution in [0.4, 0.5) is 0 Å². The molecule has 8 aromatic rings. The predicted molar refractivity (Wildman–Crippen MR) is 236 cm³/mol. The van der Waals surface area contributed by atoms with E-state index in [0.29, 0.717) is 11.8 Å². The monoisotopic (exact) mass is 784 g/mol. The summed E-state index contributed by atoms with van der Waals surface area (Å²) in [6.45, 7) is 14.6. The molecular formula is C49H50GeN2OSi. The van der Waals surface area contributed by atoms with E-state index in [-0.39, 0.29) is 0 Å². The third kappa shape index (κ3) is 5.90.